The number of ketones is 1. The number of amides is 1. The molecule has 29 heavy (non-hydrogen) atoms. The number of allylic oxidation sites excluding steroid dienone is 2. The molecule has 150 valence electrons. The second-order valence-electron chi connectivity index (χ2n) is 6.76. The van der Waals surface area contributed by atoms with Gasteiger partial charge in [0.25, 0.3) is 5.69 Å². The number of nitrogens with zero attached hydrogens (tertiary/aromatic N) is 4. The number of carbonyl (C=O) groups excluding carboxylic acids is 2. The van der Waals surface area contributed by atoms with Crippen molar-refractivity contribution in [3.05, 3.63) is 51.2 Å². The van der Waals surface area contributed by atoms with Gasteiger partial charge in [-0.3, -0.25) is 24.6 Å². The maximum Gasteiger partial charge on any atom is 0.269 e. The van der Waals surface area contributed by atoms with Gasteiger partial charge in [-0.1, -0.05) is 42.2 Å². The topological polar surface area (TPSA) is 106 Å². The van der Waals surface area contributed by atoms with E-state index in [2.05, 4.69) is 10.2 Å². The van der Waals surface area contributed by atoms with Crippen LogP contribution in [0.1, 0.15) is 44.1 Å². The zero-order valence-corrected chi connectivity index (χ0v) is 17.3. The van der Waals surface area contributed by atoms with E-state index in [1.54, 1.807) is 23.9 Å². The smallest absolute Gasteiger partial charge is 0.269 e. The van der Waals surface area contributed by atoms with Crippen LogP contribution in [-0.4, -0.2) is 32.6 Å². The fraction of sp³-hybridized carbons (Fsp3) is 0.368. The highest BCUT2D eigenvalue weighted by Crippen LogP contribution is 2.44. The minimum Gasteiger partial charge on any atom is -0.294 e. The number of nitro groups is 1. The van der Waals surface area contributed by atoms with Crippen molar-refractivity contribution < 1.29 is 14.5 Å². The van der Waals surface area contributed by atoms with Gasteiger partial charge in [0.1, 0.15) is 0 Å². The predicted molar refractivity (Wildman–Crippen MR) is 110 cm³/mol. The van der Waals surface area contributed by atoms with Gasteiger partial charge in [0.05, 0.1) is 4.92 Å². The Kier molecular flexibility index (Phi) is 5.46. The number of anilines is 1. The SMILES string of the molecule is CCSc1nnc(N2C(=O)C[C@H](c3cccc([N+](=O)[O-])c3)C3=C2CCCC3=O)s1. The number of thioether (sulfide) groups is 1. The lowest BCUT2D eigenvalue weighted by molar-refractivity contribution is -0.384. The monoisotopic (exact) mass is 430 g/mol. The normalized spacial score (nSPS) is 19.5. The molecule has 2 aliphatic rings. The number of rotatable bonds is 5. The van der Waals surface area contributed by atoms with Crippen LogP contribution in [0.3, 0.4) is 0 Å². The van der Waals surface area contributed by atoms with Gasteiger partial charge >= 0.3 is 0 Å². The second-order valence-corrected chi connectivity index (χ2v) is 9.23. The number of hydrogen-bond donors (Lipinski definition) is 0. The average molecular weight is 431 g/mol. The van der Waals surface area contributed by atoms with Crippen LogP contribution in [0, 0.1) is 10.1 Å². The summed E-state index contributed by atoms with van der Waals surface area (Å²) in [5.41, 5.74) is 1.82. The van der Waals surface area contributed by atoms with Crippen LogP contribution >= 0.6 is 23.1 Å². The van der Waals surface area contributed by atoms with Crippen molar-refractivity contribution in [3.8, 4) is 0 Å². The van der Waals surface area contributed by atoms with Gasteiger partial charge in [-0.15, -0.1) is 10.2 Å². The first-order chi connectivity index (χ1) is 14.0. The number of nitro benzene ring substituents is 1. The summed E-state index contributed by atoms with van der Waals surface area (Å²) in [4.78, 5) is 38.2. The molecule has 4 rings (SSSR count). The van der Waals surface area contributed by atoms with E-state index in [1.165, 1.54) is 28.4 Å². The molecule has 2 aromatic rings. The van der Waals surface area contributed by atoms with Crippen LogP contribution in [0.4, 0.5) is 10.8 Å². The molecule has 0 N–H and O–H groups in total. The molecule has 0 fully saturated rings. The standard InChI is InChI=1S/C19H18N4O4S2/c1-2-28-19-21-20-18(29-19)22-14-7-4-8-15(24)17(14)13(10-16(22)25)11-5-3-6-12(9-11)23(26)27/h3,5-6,9,13H,2,4,7-8,10H2,1H3/t13-/m1/s1. The Morgan fingerprint density at radius 2 is 2.14 bits per heavy atom. The lowest BCUT2D eigenvalue weighted by Gasteiger charge is -2.36. The van der Waals surface area contributed by atoms with E-state index in [-0.39, 0.29) is 23.8 Å². The number of aromatic nitrogens is 2. The van der Waals surface area contributed by atoms with Gasteiger partial charge in [0, 0.05) is 42.2 Å². The van der Waals surface area contributed by atoms with Crippen molar-refractivity contribution >= 4 is 45.6 Å². The first-order valence-electron chi connectivity index (χ1n) is 9.29. The van der Waals surface area contributed by atoms with Crippen LogP contribution in [-0.2, 0) is 9.59 Å². The van der Waals surface area contributed by atoms with E-state index in [0.717, 1.165) is 10.1 Å². The fourth-order valence-corrected chi connectivity index (χ4v) is 5.61. The number of benzene rings is 1. The second kappa shape index (κ2) is 8.03. The Bertz CT molecular complexity index is 1030. The van der Waals surface area contributed by atoms with Gasteiger partial charge in [-0.2, -0.15) is 0 Å². The highest BCUT2D eigenvalue weighted by Gasteiger charge is 2.41. The van der Waals surface area contributed by atoms with Gasteiger partial charge in [-0.25, -0.2) is 0 Å². The molecule has 0 saturated heterocycles. The molecule has 1 aliphatic heterocycles. The average Bonchev–Trinajstić information content (AvgIpc) is 3.16. The van der Waals surface area contributed by atoms with Crippen molar-refractivity contribution in [1.29, 1.82) is 0 Å². The van der Waals surface area contributed by atoms with Crippen molar-refractivity contribution in [1.82, 2.24) is 10.2 Å². The lowest BCUT2D eigenvalue weighted by atomic mass is 9.77. The third-order valence-electron chi connectivity index (χ3n) is 5.01. The zero-order chi connectivity index (χ0) is 20.5. The van der Waals surface area contributed by atoms with Gasteiger partial charge in [-0.05, 0) is 24.2 Å². The molecular weight excluding hydrogens is 412 g/mol. The maximum absolute atomic E-state index is 13.1. The van der Waals surface area contributed by atoms with Crippen molar-refractivity contribution in [2.45, 2.75) is 42.9 Å². The molecular formula is C19H18N4O4S2. The molecule has 0 radical (unpaired) electrons. The number of hydrogen-bond acceptors (Lipinski definition) is 8. The molecule has 0 saturated carbocycles. The summed E-state index contributed by atoms with van der Waals surface area (Å²) in [6, 6.07) is 6.21. The molecule has 1 aromatic carbocycles. The molecule has 1 aliphatic carbocycles. The van der Waals surface area contributed by atoms with E-state index in [9.17, 15) is 19.7 Å². The van der Waals surface area contributed by atoms with Crippen LogP contribution in [0.25, 0.3) is 0 Å². The summed E-state index contributed by atoms with van der Waals surface area (Å²) >= 11 is 2.89. The van der Waals surface area contributed by atoms with Crippen LogP contribution in [0.15, 0.2) is 39.9 Å². The van der Waals surface area contributed by atoms with E-state index in [1.807, 2.05) is 6.92 Å². The summed E-state index contributed by atoms with van der Waals surface area (Å²) in [5, 5.41) is 20.0. The van der Waals surface area contributed by atoms with Crippen molar-refractivity contribution in [3.63, 3.8) is 0 Å². The Morgan fingerprint density at radius 3 is 2.90 bits per heavy atom. The Balaban J connectivity index is 1.80. The van der Waals surface area contributed by atoms with Crippen LogP contribution in [0.5, 0.6) is 0 Å². The van der Waals surface area contributed by atoms with Gasteiger partial charge in [0.15, 0.2) is 10.1 Å². The highest BCUT2D eigenvalue weighted by atomic mass is 32.2. The van der Waals surface area contributed by atoms with E-state index in [0.29, 0.717) is 41.2 Å². The van der Waals surface area contributed by atoms with E-state index >= 15 is 0 Å². The molecule has 0 bridgehead atoms. The largest absolute Gasteiger partial charge is 0.294 e. The zero-order valence-electron chi connectivity index (χ0n) is 15.7. The summed E-state index contributed by atoms with van der Waals surface area (Å²) in [6.45, 7) is 2.02. The van der Waals surface area contributed by atoms with E-state index < -0.39 is 10.8 Å². The minimum absolute atomic E-state index is 0.00655. The third-order valence-corrected chi connectivity index (χ3v) is 6.94. The Hall–Kier alpha value is -2.59. The number of Topliss-reactive ketones (excluding diaryl/α,β-unsaturated/α-hetero) is 1. The lowest BCUT2D eigenvalue weighted by Crippen LogP contribution is -2.40. The minimum atomic E-state index is -0.473. The van der Waals surface area contributed by atoms with Crippen molar-refractivity contribution in [2.75, 3.05) is 10.7 Å². The van der Waals surface area contributed by atoms with E-state index in [4.69, 9.17) is 0 Å². The van der Waals surface area contributed by atoms with Crippen LogP contribution < -0.4 is 4.90 Å². The summed E-state index contributed by atoms with van der Waals surface area (Å²) in [7, 11) is 0. The predicted octanol–water partition coefficient (Wildman–Crippen LogP) is 4.09. The molecule has 0 unspecified atom stereocenters. The third kappa shape index (κ3) is 3.69. The summed E-state index contributed by atoms with van der Waals surface area (Å²) < 4.78 is 0.778. The molecule has 1 amide bonds. The Labute approximate surface area is 175 Å². The van der Waals surface area contributed by atoms with Crippen molar-refractivity contribution in [2.24, 2.45) is 0 Å². The first kappa shape index (κ1) is 19.7. The fourth-order valence-electron chi connectivity index (χ4n) is 3.83. The summed E-state index contributed by atoms with van der Waals surface area (Å²) in [5.74, 6) is 0.204. The molecule has 10 heteroatoms. The number of carbonyl (C=O) groups is 2. The first-order valence-corrected chi connectivity index (χ1v) is 11.1. The number of non-ortho nitro benzene ring substituents is 1. The summed E-state index contributed by atoms with van der Waals surface area (Å²) in [6.07, 6.45) is 1.74. The molecule has 0 spiro atoms. The van der Waals surface area contributed by atoms with Gasteiger partial charge in [0.2, 0.25) is 11.0 Å². The maximum atomic E-state index is 13.1. The van der Waals surface area contributed by atoms with Crippen LogP contribution in [0.2, 0.25) is 0 Å². The van der Waals surface area contributed by atoms with Gasteiger partial charge < -0.3 is 0 Å². The molecule has 8 nitrogen and oxygen atoms in total. The molecule has 1 aromatic heterocycles. The highest BCUT2D eigenvalue weighted by molar-refractivity contribution is 8.01. The molecule has 1 atom stereocenters. The quantitative estimate of drug-likeness (QED) is 0.304. The molecule has 2 heterocycles. The Morgan fingerprint density at radius 1 is 1.31 bits per heavy atom.